The molecule has 6 rings (SSSR count). The molecule has 2 aliphatic heterocycles. The zero-order chi connectivity index (χ0) is 25.9. The van der Waals surface area contributed by atoms with E-state index in [1.165, 1.54) is 0 Å². The maximum absolute atomic E-state index is 14.6. The number of hydrogen-bond acceptors (Lipinski definition) is 4. The predicted molar refractivity (Wildman–Crippen MR) is 143 cm³/mol. The second-order valence-corrected chi connectivity index (χ2v) is 9.98. The lowest BCUT2D eigenvalue weighted by atomic mass is 9.83. The van der Waals surface area contributed by atoms with Crippen molar-refractivity contribution in [1.29, 1.82) is 0 Å². The SMILES string of the molecule is CCCCN1C(=O)c2oc3cc(C)c(C)cc3c(=O)c2C12C(=O)N(Cc1ccccc1)c1ccccc12. The Morgan fingerprint density at radius 2 is 1.59 bits per heavy atom. The van der Waals surface area contributed by atoms with Crippen LogP contribution in [0.2, 0.25) is 0 Å². The number of carbonyl (C=O) groups is 2. The van der Waals surface area contributed by atoms with Crippen molar-refractivity contribution in [3.05, 3.63) is 111 Å². The van der Waals surface area contributed by atoms with Crippen LogP contribution in [0.3, 0.4) is 0 Å². The quantitative estimate of drug-likeness (QED) is 0.371. The molecule has 186 valence electrons. The van der Waals surface area contributed by atoms with Crippen LogP contribution in [-0.2, 0) is 16.9 Å². The highest BCUT2D eigenvalue weighted by Gasteiger charge is 2.64. The van der Waals surface area contributed by atoms with E-state index in [1.807, 2.05) is 75.4 Å². The Balaban J connectivity index is 1.66. The second kappa shape index (κ2) is 8.44. The van der Waals surface area contributed by atoms with Crippen LogP contribution in [0.5, 0.6) is 0 Å². The molecule has 0 radical (unpaired) electrons. The van der Waals surface area contributed by atoms with E-state index >= 15 is 0 Å². The maximum Gasteiger partial charge on any atom is 0.291 e. The Hall–Kier alpha value is -4.19. The third-order valence-corrected chi connectivity index (χ3v) is 7.77. The molecule has 0 N–H and O–H groups in total. The number of nitrogens with zero attached hydrogens (tertiary/aromatic N) is 2. The number of aryl methyl sites for hydroxylation is 2. The molecular weight excluding hydrogens is 464 g/mol. The van der Waals surface area contributed by atoms with E-state index in [0.717, 1.165) is 23.1 Å². The number of benzene rings is 3. The topological polar surface area (TPSA) is 70.8 Å². The summed E-state index contributed by atoms with van der Waals surface area (Å²) in [5.41, 5.74) is 2.86. The van der Waals surface area contributed by atoms with Gasteiger partial charge in [-0.2, -0.15) is 0 Å². The Morgan fingerprint density at radius 3 is 2.35 bits per heavy atom. The van der Waals surface area contributed by atoms with E-state index in [0.29, 0.717) is 41.7 Å². The van der Waals surface area contributed by atoms with E-state index in [9.17, 15) is 14.4 Å². The molecule has 37 heavy (non-hydrogen) atoms. The molecule has 0 bridgehead atoms. The molecule has 0 fully saturated rings. The number of unbranched alkanes of at least 4 members (excludes halogenated alkanes) is 1. The molecule has 0 saturated carbocycles. The molecule has 0 aliphatic carbocycles. The van der Waals surface area contributed by atoms with E-state index in [-0.39, 0.29) is 22.7 Å². The van der Waals surface area contributed by atoms with Crippen LogP contribution in [0, 0.1) is 13.8 Å². The zero-order valence-electron chi connectivity index (χ0n) is 21.2. The second-order valence-electron chi connectivity index (χ2n) is 9.98. The van der Waals surface area contributed by atoms with Crippen molar-refractivity contribution >= 4 is 28.5 Å². The molecule has 0 saturated heterocycles. The molecular formula is C31H28N2O4. The molecule has 1 atom stereocenters. The first kappa shape index (κ1) is 23.2. The van der Waals surface area contributed by atoms with Gasteiger partial charge in [-0.3, -0.25) is 14.4 Å². The first-order valence-electron chi connectivity index (χ1n) is 12.8. The Morgan fingerprint density at radius 1 is 0.892 bits per heavy atom. The van der Waals surface area contributed by atoms with Gasteiger partial charge in [0.25, 0.3) is 11.8 Å². The van der Waals surface area contributed by atoms with Gasteiger partial charge in [0, 0.05) is 12.1 Å². The first-order chi connectivity index (χ1) is 17.9. The molecule has 6 nitrogen and oxygen atoms in total. The minimum absolute atomic E-state index is 0.0263. The number of anilines is 1. The smallest absolute Gasteiger partial charge is 0.291 e. The van der Waals surface area contributed by atoms with Gasteiger partial charge >= 0.3 is 0 Å². The summed E-state index contributed by atoms with van der Waals surface area (Å²) in [4.78, 5) is 46.1. The maximum atomic E-state index is 14.6. The van der Waals surface area contributed by atoms with E-state index in [2.05, 4.69) is 0 Å². The summed E-state index contributed by atoms with van der Waals surface area (Å²) < 4.78 is 6.19. The van der Waals surface area contributed by atoms with Crippen LogP contribution >= 0.6 is 0 Å². The number of fused-ring (bicyclic) bond motifs is 5. The first-order valence-corrected chi connectivity index (χ1v) is 12.8. The monoisotopic (exact) mass is 492 g/mol. The van der Waals surface area contributed by atoms with Crippen LogP contribution in [0.15, 0.2) is 75.9 Å². The average molecular weight is 493 g/mol. The largest absolute Gasteiger partial charge is 0.450 e. The van der Waals surface area contributed by atoms with E-state index in [1.54, 1.807) is 21.9 Å². The van der Waals surface area contributed by atoms with Crippen LogP contribution < -0.4 is 10.3 Å². The highest BCUT2D eigenvalue weighted by molar-refractivity contribution is 6.17. The van der Waals surface area contributed by atoms with Crippen LogP contribution in [0.1, 0.15) is 58.1 Å². The van der Waals surface area contributed by atoms with Crippen molar-refractivity contribution in [3.63, 3.8) is 0 Å². The minimum atomic E-state index is -1.56. The molecule has 6 heteroatoms. The average Bonchev–Trinajstić information content (AvgIpc) is 3.29. The van der Waals surface area contributed by atoms with Crippen molar-refractivity contribution in [2.75, 3.05) is 11.4 Å². The van der Waals surface area contributed by atoms with E-state index in [4.69, 9.17) is 4.42 Å². The Kier molecular flexibility index (Phi) is 5.30. The van der Waals surface area contributed by atoms with Gasteiger partial charge in [0.1, 0.15) is 5.58 Å². The summed E-state index contributed by atoms with van der Waals surface area (Å²) in [6.07, 6.45) is 1.53. The fourth-order valence-corrected chi connectivity index (χ4v) is 5.79. The summed E-state index contributed by atoms with van der Waals surface area (Å²) in [7, 11) is 0. The van der Waals surface area contributed by atoms with Gasteiger partial charge in [0.2, 0.25) is 5.76 Å². The number of para-hydroxylation sites is 1. The number of hydrogen-bond donors (Lipinski definition) is 0. The number of rotatable bonds is 5. The molecule has 3 heterocycles. The summed E-state index contributed by atoms with van der Waals surface area (Å²) in [6, 6.07) is 20.8. The van der Waals surface area contributed by atoms with Gasteiger partial charge in [0.15, 0.2) is 11.0 Å². The molecule has 3 aromatic carbocycles. The fraction of sp³-hybridized carbons (Fsp3) is 0.258. The summed E-state index contributed by atoms with van der Waals surface area (Å²) in [6.45, 7) is 6.59. The zero-order valence-corrected chi connectivity index (χ0v) is 21.2. The highest BCUT2D eigenvalue weighted by atomic mass is 16.3. The van der Waals surface area contributed by atoms with E-state index < -0.39 is 11.4 Å². The lowest BCUT2D eigenvalue weighted by Crippen LogP contribution is -2.53. The number of carbonyl (C=O) groups excluding carboxylic acids is 2. The third-order valence-electron chi connectivity index (χ3n) is 7.77. The number of amides is 2. The summed E-state index contributed by atoms with van der Waals surface area (Å²) in [5.74, 6) is -0.733. The predicted octanol–water partition coefficient (Wildman–Crippen LogP) is 5.46. The molecule has 2 aliphatic rings. The summed E-state index contributed by atoms with van der Waals surface area (Å²) in [5, 5.41) is 0.387. The van der Waals surface area contributed by atoms with Crippen LogP contribution in [-0.4, -0.2) is 23.3 Å². The van der Waals surface area contributed by atoms with Gasteiger partial charge in [0.05, 0.1) is 23.2 Å². The van der Waals surface area contributed by atoms with Crippen molar-refractivity contribution in [2.45, 2.75) is 45.7 Å². The van der Waals surface area contributed by atoms with Gasteiger partial charge in [-0.15, -0.1) is 0 Å². The molecule has 2 amide bonds. The standard InChI is InChI=1S/C31H28N2O4/c1-4-5-15-33-29(35)28-26(27(34)22-16-19(2)20(3)17-25(22)37-28)31(33)23-13-9-10-14-24(23)32(30(31)36)18-21-11-7-6-8-12-21/h6-14,16-17H,4-5,15,18H2,1-3H3. The fourth-order valence-electron chi connectivity index (χ4n) is 5.79. The normalized spacial score (nSPS) is 18.2. The molecule has 4 aromatic rings. The molecule has 1 unspecified atom stereocenters. The van der Waals surface area contributed by atoms with Gasteiger partial charge < -0.3 is 14.2 Å². The van der Waals surface area contributed by atoms with Crippen molar-refractivity contribution in [3.8, 4) is 0 Å². The lowest BCUT2D eigenvalue weighted by molar-refractivity contribution is -0.126. The summed E-state index contributed by atoms with van der Waals surface area (Å²) >= 11 is 0. The van der Waals surface area contributed by atoms with Gasteiger partial charge in [-0.05, 0) is 55.2 Å². The minimum Gasteiger partial charge on any atom is -0.450 e. The van der Waals surface area contributed by atoms with Gasteiger partial charge in [-0.25, -0.2) is 0 Å². The van der Waals surface area contributed by atoms with Gasteiger partial charge in [-0.1, -0.05) is 61.9 Å². The van der Waals surface area contributed by atoms with Crippen LogP contribution in [0.4, 0.5) is 5.69 Å². The van der Waals surface area contributed by atoms with Crippen LogP contribution in [0.25, 0.3) is 11.0 Å². The molecule has 1 aromatic heterocycles. The molecule has 1 spiro atoms. The van der Waals surface area contributed by atoms with Crippen molar-refractivity contribution in [1.82, 2.24) is 4.90 Å². The highest BCUT2D eigenvalue weighted by Crippen LogP contribution is 2.53. The lowest BCUT2D eigenvalue weighted by Gasteiger charge is -2.34. The third kappa shape index (κ3) is 3.14. The van der Waals surface area contributed by atoms with Crippen molar-refractivity contribution < 1.29 is 14.0 Å². The Bertz CT molecular complexity index is 1640. The Labute approximate surface area is 215 Å². The van der Waals surface area contributed by atoms with Crippen molar-refractivity contribution in [2.24, 2.45) is 0 Å².